The van der Waals surface area contributed by atoms with Crippen molar-refractivity contribution in [1.82, 2.24) is 5.32 Å². The second-order valence-electron chi connectivity index (χ2n) is 6.40. The minimum Gasteiger partial charge on any atom is -0.490 e. The fraction of sp³-hybridized carbons (Fsp3) is 0.381. The summed E-state index contributed by atoms with van der Waals surface area (Å²) in [6.07, 6.45) is 0. The molecule has 1 aliphatic rings. The molecule has 1 N–H and O–H groups in total. The molecule has 0 bridgehead atoms. The van der Waals surface area contributed by atoms with Crippen molar-refractivity contribution >= 4 is 17.9 Å². The van der Waals surface area contributed by atoms with Crippen molar-refractivity contribution in [3.8, 4) is 5.75 Å². The Morgan fingerprint density at radius 1 is 0.897 bits per heavy atom. The number of rotatable bonds is 7. The van der Waals surface area contributed by atoms with Crippen LogP contribution in [0.1, 0.15) is 19.4 Å². The molecular weight excluding hydrogens is 378 g/mol. The third kappa shape index (κ3) is 4.96. The predicted octanol–water partition coefficient (Wildman–Crippen LogP) is 2.03. The molecule has 0 saturated heterocycles. The van der Waals surface area contributed by atoms with Crippen LogP contribution in [-0.4, -0.2) is 45.3 Å². The van der Waals surface area contributed by atoms with Crippen LogP contribution in [0, 0.1) is 12.8 Å². The van der Waals surface area contributed by atoms with Crippen LogP contribution in [0.2, 0.25) is 0 Å². The van der Waals surface area contributed by atoms with Crippen LogP contribution in [0.25, 0.3) is 0 Å². The van der Waals surface area contributed by atoms with Crippen LogP contribution in [0.15, 0.2) is 46.8 Å². The number of allylic oxidation sites excluding steroid dienone is 2. The van der Waals surface area contributed by atoms with Crippen molar-refractivity contribution < 1.29 is 33.3 Å². The Morgan fingerprint density at radius 3 is 1.97 bits per heavy atom. The number of esters is 3. The molecule has 0 aliphatic carbocycles. The van der Waals surface area contributed by atoms with Crippen LogP contribution in [-0.2, 0) is 28.6 Å². The zero-order valence-electron chi connectivity index (χ0n) is 17.2. The number of benzene rings is 1. The van der Waals surface area contributed by atoms with Crippen molar-refractivity contribution in [2.45, 2.75) is 20.8 Å². The Balaban J connectivity index is 2.17. The lowest BCUT2D eigenvalue weighted by Gasteiger charge is -2.28. The van der Waals surface area contributed by atoms with E-state index in [-0.39, 0.29) is 24.4 Å². The second kappa shape index (κ2) is 9.77. The van der Waals surface area contributed by atoms with E-state index in [0.717, 1.165) is 5.56 Å². The number of hydrogen-bond acceptors (Lipinski definition) is 8. The van der Waals surface area contributed by atoms with Gasteiger partial charge in [0.25, 0.3) is 0 Å². The standard InChI is InChI=1S/C21H25NO7/c1-12-8-6-7-9-15(12)28-10-11-29-21(25)18-16(19(23)26-4)13(2)22-14(3)17(18)20(24)27-5/h6-9,18,22H,10-11H2,1-5H3. The maximum atomic E-state index is 12.8. The van der Waals surface area contributed by atoms with E-state index in [4.69, 9.17) is 18.9 Å². The van der Waals surface area contributed by atoms with Gasteiger partial charge in [-0.1, -0.05) is 18.2 Å². The summed E-state index contributed by atoms with van der Waals surface area (Å²) in [6, 6.07) is 7.46. The van der Waals surface area contributed by atoms with Gasteiger partial charge >= 0.3 is 17.9 Å². The zero-order chi connectivity index (χ0) is 21.6. The summed E-state index contributed by atoms with van der Waals surface area (Å²) < 4.78 is 20.5. The van der Waals surface area contributed by atoms with Gasteiger partial charge in [-0.2, -0.15) is 0 Å². The van der Waals surface area contributed by atoms with E-state index in [1.807, 2.05) is 31.2 Å². The van der Waals surface area contributed by atoms with Crippen LogP contribution >= 0.6 is 0 Å². The molecule has 1 aromatic carbocycles. The molecule has 0 saturated carbocycles. The molecule has 2 rings (SSSR count). The quantitative estimate of drug-likeness (QED) is 0.419. The Morgan fingerprint density at radius 2 is 1.45 bits per heavy atom. The maximum Gasteiger partial charge on any atom is 0.336 e. The molecule has 8 heteroatoms. The molecule has 0 aromatic heterocycles. The van der Waals surface area contributed by atoms with E-state index < -0.39 is 23.8 Å². The average molecular weight is 403 g/mol. The Labute approximate surface area is 169 Å². The van der Waals surface area contributed by atoms with E-state index >= 15 is 0 Å². The first-order valence-electron chi connectivity index (χ1n) is 9.02. The fourth-order valence-corrected chi connectivity index (χ4v) is 3.09. The van der Waals surface area contributed by atoms with E-state index in [2.05, 4.69) is 5.32 Å². The van der Waals surface area contributed by atoms with Gasteiger partial charge in [0.05, 0.1) is 25.4 Å². The number of para-hydroxylation sites is 1. The van der Waals surface area contributed by atoms with Gasteiger partial charge in [-0.25, -0.2) is 9.59 Å². The number of dihydropyridines is 1. The average Bonchev–Trinajstić information content (AvgIpc) is 2.70. The Bertz CT molecular complexity index is 832. The van der Waals surface area contributed by atoms with Crippen molar-refractivity contribution in [1.29, 1.82) is 0 Å². The molecule has 0 atom stereocenters. The topological polar surface area (TPSA) is 100 Å². The highest BCUT2D eigenvalue weighted by Crippen LogP contribution is 2.32. The van der Waals surface area contributed by atoms with Crippen molar-refractivity contribution in [2.24, 2.45) is 5.92 Å². The molecule has 1 aliphatic heterocycles. The predicted molar refractivity (Wildman–Crippen MR) is 104 cm³/mol. The van der Waals surface area contributed by atoms with E-state index in [0.29, 0.717) is 17.1 Å². The zero-order valence-corrected chi connectivity index (χ0v) is 17.2. The Hall–Kier alpha value is -3.29. The van der Waals surface area contributed by atoms with Crippen molar-refractivity contribution in [2.75, 3.05) is 27.4 Å². The first kappa shape index (κ1) is 22.0. The molecule has 1 heterocycles. The van der Waals surface area contributed by atoms with Crippen LogP contribution in [0.4, 0.5) is 0 Å². The highest BCUT2D eigenvalue weighted by molar-refractivity contribution is 6.05. The van der Waals surface area contributed by atoms with Gasteiger partial charge in [0.2, 0.25) is 0 Å². The van der Waals surface area contributed by atoms with E-state index in [9.17, 15) is 14.4 Å². The Kier molecular flexibility index (Phi) is 7.41. The number of carbonyl (C=O) groups excluding carboxylic acids is 3. The summed E-state index contributed by atoms with van der Waals surface area (Å²) in [5.74, 6) is -2.81. The van der Waals surface area contributed by atoms with Crippen LogP contribution < -0.4 is 10.1 Å². The highest BCUT2D eigenvalue weighted by atomic mass is 16.6. The SMILES string of the molecule is COC(=O)C1=C(C)NC(C)=C(C(=O)OC)C1C(=O)OCCOc1ccccc1C. The molecule has 29 heavy (non-hydrogen) atoms. The van der Waals surface area contributed by atoms with Gasteiger partial charge in [0.15, 0.2) is 0 Å². The van der Waals surface area contributed by atoms with Gasteiger partial charge in [-0.3, -0.25) is 4.79 Å². The second-order valence-corrected chi connectivity index (χ2v) is 6.40. The van der Waals surface area contributed by atoms with Crippen molar-refractivity contribution in [3.05, 3.63) is 52.4 Å². The smallest absolute Gasteiger partial charge is 0.336 e. The van der Waals surface area contributed by atoms with Gasteiger partial charge in [-0.05, 0) is 32.4 Å². The first-order valence-corrected chi connectivity index (χ1v) is 9.02. The molecule has 0 amide bonds. The summed E-state index contributed by atoms with van der Waals surface area (Å²) in [5.41, 5.74) is 1.77. The lowest BCUT2D eigenvalue weighted by molar-refractivity contribution is -0.151. The molecule has 156 valence electrons. The van der Waals surface area contributed by atoms with Gasteiger partial charge in [0.1, 0.15) is 24.9 Å². The highest BCUT2D eigenvalue weighted by Gasteiger charge is 2.42. The fourth-order valence-electron chi connectivity index (χ4n) is 3.09. The molecule has 8 nitrogen and oxygen atoms in total. The molecule has 0 unspecified atom stereocenters. The van der Waals surface area contributed by atoms with Gasteiger partial charge in [0, 0.05) is 11.4 Å². The summed E-state index contributed by atoms with van der Waals surface area (Å²) in [6.45, 7) is 5.20. The number of carbonyl (C=O) groups is 3. The lowest BCUT2D eigenvalue weighted by Crippen LogP contribution is -2.38. The third-order valence-electron chi connectivity index (χ3n) is 4.49. The molecule has 0 spiro atoms. The monoisotopic (exact) mass is 403 g/mol. The molecule has 0 radical (unpaired) electrons. The summed E-state index contributed by atoms with van der Waals surface area (Å²) in [4.78, 5) is 37.4. The van der Waals surface area contributed by atoms with Crippen LogP contribution in [0.3, 0.4) is 0 Å². The van der Waals surface area contributed by atoms with Gasteiger partial charge < -0.3 is 24.3 Å². The minimum atomic E-state index is -1.25. The third-order valence-corrected chi connectivity index (χ3v) is 4.49. The number of hydrogen-bond donors (Lipinski definition) is 1. The first-order chi connectivity index (χ1) is 13.8. The number of aryl methyl sites for hydroxylation is 1. The lowest BCUT2D eigenvalue weighted by atomic mass is 9.85. The minimum absolute atomic E-state index is 0.00308. The number of methoxy groups -OCH3 is 2. The summed E-state index contributed by atoms with van der Waals surface area (Å²) in [7, 11) is 2.40. The van der Waals surface area contributed by atoms with Gasteiger partial charge in [-0.15, -0.1) is 0 Å². The number of ether oxygens (including phenoxy) is 4. The largest absolute Gasteiger partial charge is 0.490 e. The molecule has 0 fully saturated rings. The summed E-state index contributed by atoms with van der Waals surface area (Å²) >= 11 is 0. The van der Waals surface area contributed by atoms with Crippen LogP contribution in [0.5, 0.6) is 5.75 Å². The maximum absolute atomic E-state index is 12.8. The number of nitrogens with one attached hydrogen (secondary N) is 1. The normalized spacial score (nSPS) is 14.2. The molecular formula is C21H25NO7. The van der Waals surface area contributed by atoms with E-state index in [1.54, 1.807) is 13.8 Å². The molecule has 1 aromatic rings. The van der Waals surface area contributed by atoms with Crippen molar-refractivity contribution in [3.63, 3.8) is 0 Å². The van der Waals surface area contributed by atoms with E-state index in [1.165, 1.54) is 14.2 Å². The summed E-state index contributed by atoms with van der Waals surface area (Å²) in [5, 5.41) is 2.91.